The topological polar surface area (TPSA) is 62.4 Å². The highest BCUT2D eigenvalue weighted by molar-refractivity contribution is 5.74. The van der Waals surface area contributed by atoms with Crippen LogP contribution in [0.4, 0.5) is 0 Å². The summed E-state index contributed by atoms with van der Waals surface area (Å²) in [7, 11) is 0. The zero-order chi connectivity index (χ0) is 9.47. The molecule has 0 aromatic heterocycles. The summed E-state index contributed by atoms with van der Waals surface area (Å²) in [6, 6.07) is 0. The number of aliphatic carboxylic acids is 1. The molecule has 2 saturated heterocycles. The van der Waals surface area contributed by atoms with Gasteiger partial charge in [0.2, 0.25) is 0 Å². The van der Waals surface area contributed by atoms with Gasteiger partial charge in [0.15, 0.2) is 0 Å². The average molecular weight is 186 g/mol. The van der Waals surface area contributed by atoms with E-state index in [-0.39, 0.29) is 12.2 Å². The Labute approximate surface area is 76.8 Å². The fourth-order valence-electron chi connectivity index (χ4n) is 1.63. The Balaban J connectivity index is 1.93. The van der Waals surface area contributed by atoms with E-state index < -0.39 is 11.4 Å². The van der Waals surface area contributed by atoms with Gasteiger partial charge in [-0.05, 0) is 19.8 Å². The zero-order valence-electron chi connectivity index (χ0n) is 7.66. The molecule has 0 amide bonds. The molecule has 0 saturated carbocycles. The molecule has 0 spiro atoms. The van der Waals surface area contributed by atoms with E-state index in [4.69, 9.17) is 14.6 Å². The molecule has 2 aliphatic heterocycles. The van der Waals surface area contributed by atoms with Gasteiger partial charge in [0.1, 0.15) is 0 Å². The van der Waals surface area contributed by atoms with Gasteiger partial charge in [-0.1, -0.05) is 0 Å². The lowest BCUT2D eigenvalue weighted by atomic mass is 9.81. The fraction of sp³-hybridized carbons (Fsp3) is 0.889. The van der Waals surface area contributed by atoms with Gasteiger partial charge in [0.05, 0.1) is 30.8 Å². The number of carboxylic acids is 1. The van der Waals surface area contributed by atoms with E-state index in [0.717, 1.165) is 0 Å². The number of hydrogen-bond donors (Lipinski definition) is 1. The fourth-order valence-corrected chi connectivity index (χ4v) is 1.63. The third-order valence-corrected chi connectivity index (χ3v) is 2.68. The molecule has 0 radical (unpaired) electrons. The second-order valence-electron chi connectivity index (χ2n) is 4.18. The first-order chi connectivity index (χ1) is 6.10. The summed E-state index contributed by atoms with van der Waals surface area (Å²) in [4.78, 5) is 11.0. The van der Waals surface area contributed by atoms with Crippen molar-refractivity contribution in [3.8, 4) is 0 Å². The quantitative estimate of drug-likeness (QED) is 0.640. The number of carbonyl (C=O) groups is 1. The highest BCUT2D eigenvalue weighted by atomic mass is 16.6. The Morgan fingerprint density at radius 1 is 1.38 bits per heavy atom. The van der Waals surface area contributed by atoms with Crippen LogP contribution in [0, 0.1) is 5.41 Å². The maximum Gasteiger partial charge on any atom is 0.309 e. The third-order valence-electron chi connectivity index (χ3n) is 2.68. The lowest BCUT2D eigenvalue weighted by Crippen LogP contribution is -2.31. The van der Waals surface area contributed by atoms with Crippen molar-refractivity contribution >= 4 is 5.97 Å². The number of hydrogen-bond acceptors (Lipinski definition) is 3. The van der Waals surface area contributed by atoms with E-state index in [2.05, 4.69) is 0 Å². The van der Waals surface area contributed by atoms with Crippen molar-refractivity contribution in [1.29, 1.82) is 0 Å². The predicted molar refractivity (Wildman–Crippen MR) is 44.5 cm³/mol. The molecule has 0 aliphatic carbocycles. The maximum atomic E-state index is 11.0. The van der Waals surface area contributed by atoms with Crippen LogP contribution in [0.3, 0.4) is 0 Å². The van der Waals surface area contributed by atoms with Crippen LogP contribution in [-0.2, 0) is 14.3 Å². The number of rotatable bonds is 5. The zero-order valence-corrected chi connectivity index (χ0v) is 7.66. The molecule has 4 nitrogen and oxygen atoms in total. The van der Waals surface area contributed by atoms with Crippen LogP contribution in [0.25, 0.3) is 0 Å². The molecule has 2 rings (SSSR count). The van der Waals surface area contributed by atoms with E-state index in [0.29, 0.717) is 26.1 Å². The average Bonchev–Trinajstić information content (AvgIpc) is 2.83. The van der Waals surface area contributed by atoms with Crippen LogP contribution in [0.1, 0.15) is 19.8 Å². The number of epoxide rings is 2. The summed E-state index contributed by atoms with van der Waals surface area (Å²) in [6.07, 6.45) is 1.56. The van der Waals surface area contributed by atoms with E-state index >= 15 is 0 Å². The Hall–Kier alpha value is -0.610. The van der Waals surface area contributed by atoms with Crippen molar-refractivity contribution < 1.29 is 19.4 Å². The third kappa shape index (κ3) is 2.19. The van der Waals surface area contributed by atoms with Gasteiger partial charge in [0, 0.05) is 0 Å². The van der Waals surface area contributed by atoms with E-state index in [9.17, 15) is 4.79 Å². The normalized spacial score (nSPS) is 35.2. The molecule has 2 unspecified atom stereocenters. The van der Waals surface area contributed by atoms with Crippen molar-refractivity contribution in [2.45, 2.75) is 32.0 Å². The summed E-state index contributed by atoms with van der Waals surface area (Å²) in [5.41, 5.74) is -0.664. The van der Waals surface area contributed by atoms with Gasteiger partial charge in [-0.2, -0.15) is 0 Å². The second-order valence-corrected chi connectivity index (χ2v) is 4.18. The van der Waals surface area contributed by atoms with Gasteiger partial charge in [-0.25, -0.2) is 0 Å². The molecule has 1 N–H and O–H groups in total. The predicted octanol–water partition coefficient (Wildman–Crippen LogP) is 0.655. The van der Waals surface area contributed by atoms with Gasteiger partial charge in [-0.3, -0.25) is 4.79 Å². The minimum Gasteiger partial charge on any atom is -0.481 e. The Morgan fingerprint density at radius 2 is 1.77 bits per heavy atom. The Kier molecular flexibility index (Phi) is 2.04. The summed E-state index contributed by atoms with van der Waals surface area (Å²) in [5, 5.41) is 9.07. The molecule has 0 aromatic carbocycles. The molecule has 0 aromatic rings. The van der Waals surface area contributed by atoms with Gasteiger partial charge in [-0.15, -0.1) is 0 Å². The molecule has 13 heavy (non-hydrogen) atoms. The van der Waals surface area contributed by atoms with Crippen LogP contribution in [0.15, 0.2) is 0 Å². The van der Waals surface area contributed by atoms with Crippen LogP contribution in [0.5, 0.6) is 0 Å². The lowest BCUT2D eigenvalue weighted by molar-refractivity contribution is -0.149. The first-order valence-corrected chi connectivity index (χ1v) is 4.57. The Bertz CT molecular complexity index is 204. The monoisotopic (exact) mass is 186 g/mol. The van der Waals surface area contributed by atoms with Gasteiger partial charge < -0.3 is 14.6 Å². The Morgan fingerprint density at radius 3 is 2.00 bits per heavy atom. The van der Waals surface area contributed by atoms with Crippen molar-refractivity contribution in [2.24, 2.45) is 5.41 Å². The largest absolute Gasteiger partial charge is 0.481 e. The van der Waals surface area contributed by atoms with Crippen LogP contribution in [0.2, 0.25) is 0 Å². The van der Waals surface area contributed by atoms with Crippen molar-refractivity contribution in [3.63, 3.8) is 0 Å². The SMILES string of the molecule is CC(CC1CO1)(CC1CO1)C(=O)O. The first-order valence-electron chi connectivity index (χ1n) is 4.57. The number of ether oxygens (including phenoxy) is 2. The van der Waals surface area contributed by atoms with E-state index in [1.54, 1.807) is 6.92 Å². The standard InChI is InChI=1S/C9H14O4/c1-9(8(10)11,2-6-4-12-6)3-7-5-13-7/h6-7H,2-5H2,1H3,(H,10,11). The van der Waals surface area contributed by atoms with Crippen molar-refractivity contribution in [2.75, 3.05) is 13.2 Å². The molecular weight excluding hydrogens is 172 g/mol. The molecule has 2 fully saturated rings. The van der Waals surface area contributed by atoms with Crippen LogP contribution >= 0.6 is 0 Å². The second kappa shape index (κ2) is 2.96. The van der Waals surface area contributed by atoms with Gasteiger partial charge in [0.25, 0.3) is 0 Å². The molecule has 4 heteroatoms. The molecule has 0 bridgehead atoms. The molecule has 2 atom stereocenters. The highest BCUT2D eigenvalue weighted by Gasteiger charge is 2.44. The molecule has 74 valence electrons. The smallest absolute Gasteiger partial charge is 0.309 e. The summed E-state index contributed by atoms with van der Waals surface area (Å²) in [5.74, 6) is -0.738. The highest BCUT2D eigenvalue weighted by Crippen LogP contribution is 2.37. The minimum absolute atomic E-state index is 0.167. The van der Waals surface area contributed by atoms with Crippen molar-refractivity contribution in [1.82, 2.24) is 0 Å². The van der Waals surface area contributed by atoms with E-state index in [1.165, 1.54) is 0 Å². The summed E-state index contributed by atoms with van der Waals surface area (Å²) >= 11 is 0. The van der Waals surface area contributed by atoms with Crippen LogP contribution in [-0.4, -0.2) is 36.5 Å². The van der Waals surface area contributed by atoms with E-state index in [1.807, 2.05) is 0 Å². The molecule has 2 aliphatic rings. The van der Waals surface area contributed by atoms with Crippen molar-refractivity contribution in [3.05, 3.63) is 0 Å². The lowest BCUT2D eigenvalue weighted by Gasteiger charge is -2.22. The first kappa shape index (κ1) is 8.97. The molecule has 2 heterocycles. The minimum atomic E-state index is -0.738. The molecular formula is C9H14O4. The number of carboxylic acid groups (broad SMARTS) is 1. The summed E-state index contributed by atoms with van der Waals surface area (Å²) < 4.78 is 10.1. The van der Waals surface area contributed by atoms with Gasteiger partial charge >= 0.3 is 5.97 Å². The van der Waals surface area contributed by atoms with Crippen LogP contribution < -0.4 is 0 Å². The maximum absolute atomic E-state index is 11.0. The summed E-state index contributed by atoms with van der Waals surface area (Å²) in [6.45, 7) is 3.21.